The lowest BCUT2D eigenvalue weighted by atomic mass is 9.83. The molecule has 6 heteroatoms. The van der Waals surface area contributed by atoms with Crippen LogP contribution in [-0.2, 0) is 19.1 Å². The fraction of sp³-hybridized carbons (Fsp3) is 0.875. The van der Waals surface area contributed by atoms with Crippen LogP contribution < -0.4 is 5.32 Å². The minimum absolute atomic E-state index is 0.0661. The van der Waals surface area contributed by atoms with E-state index in [1.54, 1.807) is 7.11 Å². The molecule has 0 aromatic carbocycles. The number of carbonyl (C=O) groups excluding carboxylic acids is 1. The van der Waals surface area contributed by atoms with Crippen LogP contribution in [0.1, 0.15) is 44.9 Å². The standard InChI is InChI=1S/C16H27NO5/c1-21-16(7-3-2-4-8-16)15(20)17-11-13(14(18)19)12-5-9-22-10-6-12/h12-13H,2-11H2,1H3,(H,17,20)(H,18,19). The first-order chi connectivity index (χ1) is 10.6. The van der Waals surface area contributed by atoms with E-state index >= 15 is 0 Å². The molecule has 6 nitrogen and oxygen atoms in total. The second-order valence-electron chi connectivity index (χ2n) is 6.36. The van der Waals surface area contributed by atoms with Gasteiger partial charge < -0.3 is 19.9 Å². The molecule has 1 saturated carbocycles. The first kappa shape index (κ1) is 17.2. The zero-order chi connectivity index (χ0) is 16.0. The van der Waals surface area contributed by atoms with Gasteiger partial charge in [0.2, 0.25) is 0 Å². The maximum atomic E-state index is 12.5. The molecule has 0 radical (unpaired) electrons. The number of hydrogen-bond acceptors (Lipinski definition) is 4. The number of hydrogen-bond donors (Lipinski definition) is 2. The van der Waals surface area contributed by atoms with Crippen LogP contribution in [0.5, 0.6) is 0 Å². The third-order valence-corrected chi connectivity index (χ3v) is 5.10. The van der Waals surface area contributed by atoms with Gasteiger partial charge >= 0.3 is 5.97 Å². The van der Waals surface area contributed by atoms with Crippen molar-refractivity contribution in [2.45, 2.75) is 50.5 Å². The summed E-state index contributed by atoms with van der Waals surface area (Å²) < 4.78 is 10.8. The topological polar surface area (TPSA) is 84.9 Å². The van der Waals surface area contributed by atoms with Crippen LogP contribution in [0.2, 0.25) is 0 Å². The van der Waals surface area contributed by atoms with Crippen molar-refractivity contribution in [1.82, 2.24) is 5.32 Å². The van der Waals surface area contributed by atoms with Crippen molar-refractivity contribution < 1.29 is 24.2 Å². The summed E-state index contributed by atoms with van der Waals surface area (Å²) in [6.45, 7) is 1.37. The molecule has 2 rings (SSSR count). The van der Waals surface area contributed by atoms with Gasteiger partial charge in [-0.2, -0.15) is 0 Å². The molecule has 0 aromatic rings. The smallest absolute Gasteiger partial charge is 0.308 e. The fourth-order valence-corrected chi connectivity index (χ4v) is 3.58. The number of aliphatic carboxylic acids is 1. The van der Waals surface area contributed by atoms with Gasteiger partial charge in [-0.1, -0.05) is 19.3 Å². The predicted molar refractivity (Wildman–Crippen MR) is 80.5 cm³/mol. The van der Waals surface area contributed by atoms with Gasteiger partial charge in [0, 0.05) is 26.9 Å². The molecule has 1 amide bonds. The molecule has 1 unspecified atom stereocenters. The molecule has 2 N–H and O–H groups in total. The Morgan fingerprint density at radius 1 is 1.27 bits per heavy atom. The summed E-state index contributed by atoms with van der Waals surface area (Å²) in [4.78, 5) is 24.0. The number of carbonyl (C=O) groups is 2. The molecule has 22 heavy (non-hydrogen) atoms. The zero-order valence-corrected chi connectivity index (χ0v) is 13.3. The molecule has 126 valence electrons. The maximum absolute atomic E-state index is 12.5. The quantitative estimate of drug-likeness (QED) is 0.777. The van der Waals surface area contributed by atoms with E-state index in [1.807, 2.05) is 0 Å². The second kappa shape index (κ2) is 7.92. The average Bonchev–Trinajstić information content (AvgIpc) is 2.56. The van der Waals surface area contributed by atoms with E-state index in [2.05, 4.69) is 5.32 Å². The molecule has 2 fully saturated rings. The lowest BCUT2D eigenvalue weighted by Gasteiger charge is -2.35. The molecule has 1 atom stereocenters. The van der Waals surface area contributed by atoms with Gasteiger partial charge in [0.05, 0.1) is 5.92 Å². The number of ether oxygens (including phenoxy) is 2. The number of methoxy groups -OCH3 is 1. The highest BCUT2D eigenvalue weighted by atomic mass is 16.5. The summed E-state index contributed by atoms with van der Waals surface area (Å²) in [7, 11) is 1.57. The number of amides is 1. The Balaban J connectivity index is 1.93. The summed E-state index contributed by atoms with van der Waals surface area (Å²) in [5, 5.41) is 12.3. The maximum Gasteiger partial charge on any atom is 0.308 e. The lowest BCUT2D eigenvalue weighted by molar-refractivity contribution is -0.149. The van der Waals surface area contributed by atoms with Gasteiger partial charge in [-0.3, -0.25) is 9.59 Å². The molecule has 1 saturated heterocycles. The van der Waals surface area contributed by atoms with E-state index in [1.165, 1.54) is 0 Å². The van der Waals surface area contributed by atoms with E-state index in [0.717, 1.165) is 32.1 Å². The van der Waals surface area contributed by atoms with Gasteiger partial charge in [-0.15, -0.1) is 0 Å². The lowest BCUT2D eigenvalue weighted by Crippen LogP contribution is -2.51. The second-order valence-corrected chi connectivity index (χ2v) is 6.36. The van der Waals surface area contributed by atoms with Crippen LogP contribution in [0.15, 0.2) is 0 Å². The monoisotopic (exact) mass is 313 g/mol. The Kier molecular flexibility index (Phi) is 6.20. The van der Waals surface area contributed by atoms with E-state index in [-0.39, 0.29) is 18.4 Å². The highest BCUT2D eigenvalue weighted by Crippen LogP contribution is 2.31. The third-order valence-electron chi connectivity index (χ3n) is 5.10. The van der Waals surface area contributed by atoms with Crippen molar-refractivity contribution >= 4 is 11.9 Å². The van der Waals surface area contributed by atoms with Crippen LogP contribution in [0, 0.1) is 11.8 Å². The van der Waals surface area contributed by atoms with Gasteiger partial charge in [-0.25, -0.2) is 0 Å². The molecule has 0 spiro atoms. The van der Waals surface area contributed by atoms with Crippen LogP contribution in [0.4, 0.5) is 0 Å². The van der Waals surface area contributed by atoms with Crippen LogP contribution >= 0.6 is 0 Å². The predicted octanol–water partition coefficient (Wildman–Crippen LogP) is 1.58. The Hall–Kier alpha value is -1.14. The number of carboxylic acid groups (broad SMARTS) is 1. The van der Waals surface area contributed by atoms with E-state index in [9.17, 15) is 14.7 Å². The summed E-state index contributed by atoms with van der Waals surface area (Å²) >= 11 is 0. The Morgan fingerprint density at radius 2 is 1.91 bits per heavy atom. The number of rotatable bonds is 6. The molecule has 1 aliphatic carbocycles. The third kappa shape index (κ3) is 3.98. The van der Waals surface area contributed by atoms with Crippen LogP contribution in [-0.4, -0.2) is 49.5 Å². The van der Waals surface area contributed by atoms with Crippen molar-refractivity contribution in [2.75, 3.05) is 26.9 Å². The van der Waals surface area contributed by atoms with E-state index < -0.39 is 17.5 Å². The number of carboxylic acids is 1. The van der Waals surface area contributed by atoms with Gasteiger partial charge in [0.1, 0.15) is 5.60 Å². The fourth-order valence-electron chi connectivity index (χ4n) is 3.58. The molecule has 1 aliphatic heterocycles. The summed E-state index contributed by atoms with van der Waals surface area (Å²) in [5.74, 6) is -1.49. The van der Waals surface area contributed by atoms with Crippen LogP contribution in [0.3, 0.4) is 0 Å². The van der Waals surface area contributed by atoms with Crippen molar-refractivity contribution in [1.29, 1.82) is 0 Å². The molecular formula is C16H27NO5. The first-order valence-corrected chi connectivity index (χ1v) is 8.23. The van der Waals surface area contributed by atoms with Crippen molar-refractivity contribution in [3.05, 3.63) is 0 Å². The SMILES string of the molecule is COC1(C(=O)NCC(C(=O)O)C2CCOCC2)CCCCC1. The summed E-state index contributed by atoms with van der Waals surface area (Å²) in [6, 6.07) is 0. The van der Waals surface area contributed by atoms with Gasteiger partial charge in [0.15, 0.2) is 0 Å². The molecule has 0 bridgehead atoms. The Labute approximate surface area is 131 Å². The minimum atomic E-state index is -0.845. The molecular weight excluding hydrogens is 286 g/mol. The average molecular weight is 313 g/mol. The van der Waals surface area contributed by atoms with Crippen LogP contribution in [0.25, 0.3) is 0 Å². The Bertz CT molecular complexity index is 386. The highest BCUT2D eigenvalue weighted by molar-refractivity contribution is 5.85. The van der Waals surface area contributed by atoms with Crippen molar-refractivity contribution in [3.8, 4) is 0 Å². The largest absolute Gasteiger partial charge is 0.481 e. The van der Waals surface area contributed by atoms with Gasteiger partial charge in [0.25, 0.3) is 5.91 Å². The number of nitrogens with one attached hydrogen (secondary N) is 1. The van der Waals surface area contributed by atoms with Crippen molar-refractivity contribution in [2.24, 2.45) is 11.8 Å². The van der Waals surface area contributed by atoms with E-state index in [0.29, 0.717) is 26.1 Å². The molecule has 1 heterocycles. The van der Waals surface area contributed by atoms with Gasteiger partial charge in [-0.05, 0) is 31.6 Å². The Morgan fingerprint density at radius 3 is 2.45 bits per heavy atom. The normalized spacial score (nSPS) is 23.7. The minimum Gasteiger partial charge on any atom is -0.481 e. The molecule has 2 aliphatic rings. The summed E-state index contributed by atoms with van der Waals surface area (Å²) in [5.41, 5.74) is -0.767. The highest BCUT2D eigenvalue weighted by Gasteiger charge is 2.40. The van der Waals surface area contributed by atoms with E-state index in [4.69, 9.17) is 9.47 Å². The van der Waals surface area contributed by atoms with Crippen molar-refractivity contribution in [3.63, 3.8) is 0 Å². The molecule has 0 aromatic heterocycles. The zero-order valence-electron chi connectivity index (χ0n) is 13.3. The summed E-state index contributed by atoms with van der Waals surface area (Å²) in [6.07, 6.45) is 5.98. The first-order valence-electron chi connectivity index (χ1n) is 8.23.